The van der Waals surface area contributed by atoms with E-state index in [1.165, 1.54) is 0 Å². The zero-order valence-electron chi connectivity index (χ0n) is 11.9. The van der Waals surface area contributed by atoms with Crippen molar-refractivity contribution in [2.75, 3.05) is 26.4 Å². The van der Waals surface area contributed by atoms with Crippen LogP contribution in [0.1, 0.15) is 34.6 Å². The van der Waals surface area contributed by atoms with Gasteiger partial charge in [0, 0.05) is 19.2 Å². The molecule has 0 aromatic heterocycles. The summed E-state index contributed by atoms with van der Waals surface area (Å²) in [7, 11) is 0. The largest absolute Gasteiger partial charge is 0.389 e. The highest BCUT2D eigenvalue weighted by Gasteiger charge is 2.15. The van der Waals surface area contributed by atoms with Crippen LogP contribution in [-0.4, -0.2) is 49.7 Å². The first-order valence-electron chi connectivity index (χ1n) is 6.58. The molecule has 4 nitrogen and oxygen atoms in total. The summed E-state index contributed by atoms with van der Waals surface area (Å²) in [6.07, 6.45) is -0.297. The molecule has 0 saturated carbocycles. The molecule has 2 atom stereocenters. The van der Waals surface area contributed by atoms with Crippen molar-refractivity contribution in [3.63, 3.8) is 0 Å². The second kappa shape index (κ2) is 9.83. The molecular weight excluding hydrogens is 218 g/mol. The summed E-state index contributed by atoms with van der Waals surface area (Å²) < 4.78 is 10.8. The number of hydrogen-bond acceptors (Lipinski definition) is 4. The molecule has 2 N–H and O–H groups in total. The van der Waals surface area contributed by atoms with Gasteiger partial charge in [-0.05, 0) is 26.7 Å². The minimum Gasteiger partial charge on any atom is -0.389 e. The minimum absolute atomic E-state index is 0.161. The van der Waals surface area contributed by atoms with Gasteiger partial charge in [0.1, 0.15) is 0 Å². The number of aliphatic hydroxyl groups excluding tert-OH is 1. The van der Waals surface area contributed by atoms with E-state index >= 15 is 0 Å². The molecule has 0 saturated heterocycles. The lowest BCUT2D eigenvalue weighted by Crippen LogP contribution is -2.43. The maximum absolute atomic E-state index is 9.73. The van der Waals surface area contributed by atoms with Crippen LogP contribution in [0.3, 0.4) is 0 Å². The van der Waals surface area contributed by atoms with E-state index < -0.39 is 6.10 Å². The predicted molar refractivity (Wildman–Crippen MR) is 70.2 cm³/mol. The van der Waals surface area contributed by atoms with Gasteiger partial charge in [0.2, 0.25) is 0 Å². The van der Waals surface area contributed by atoms with E-state index in [9.17, 15) is 5.11 Å². The van der Waals surface area contributed by atoms with Gasteiger partial charge in [-0.3, -0.25) is 0 Å². The zero-order valence-corrected chi connectivity index (χ0v) is 11.9. The van der Waals surface area contributed by atoms with Crippen LogP contribution < -0.4 is 5.32 Å². The predicted octanol–water partition coefficient (Wildman–Crippen LogP) is 1.42. The molecule has 0 aromatic rings. The van der Waals surface area contributed by atoms with Crippen LogP contribution in [0.4, 0.5) is 0 Å². The van der Waals surface area contributed by atoms with E-state index in [0.29, 0.717) is 25.7 Å². The molecule has 0 bridgehead atoms. The van der Waals surface area contributed by atoms with Crippen molar-refractivity contribution in [3.05, 3.63) is 0 Å². The highest BCUT2D eigenvalue weighted by Crippen LogP contribution is 2.02. The highest BCUT2D eigenvalue weighted by atomic mass is 16.5. The fourth-order valence-electron chi connectivity index (χ4n) is 1.38. The first-order valence-corrected chi connectivity index (χ1v) is 6.58. The summed E-state index contributed by atoms with van der Waals surface area (Å²) in [5, 5.41) is 13.0. The van der Waals surface area contributed by atoms with Crippen molar-refractivity contribution < 1.29 is 14.6 Å². The molecule has 0 rings (SSSR count). The molecular formula is C13H29NO3. The Bertz CT molecular complexity index is 174. The number of nitrogens with one attached hydrogen (secondary N) is 1. The lowest BCUT2D eigenvalue weighted by atomic mass is 10.1. The van der Waals surface area contributed by atoms with Gasteiger partial charge in [-0.15, -0.1) is 0 Å². The molecule has 104 valence electrons. The van der Waals surface area contributed by atoms with E-state index in [1.54, 1.807) is 0 Å². The Morgan fingerprint density at radius 1 is 1.12 bits per heavy atom. The van der Waals surface area contributed by atoms with Crippen molar-refractivity contribution in [1.82, 2.24) is 5.32 Å². The molecule has 0 aromatic carbocycles. The maximum atomic E-state index is 9.73. The third-order valence-electron chi connectivity index (χ3n) is 2.54. The van der Waals surface area contributed by atoms with Gasteiger partial charge in [-0.25, -0.2) is 0 Å². The lowest BCUT2D eigenvalue weighted by molar-refractivity contribution is 0.00289. The van der Waals surface area contributed by atoms with Crippen LogP contribution in [0, 0.1) is 5.92 Å². The summed E-state index contributed by atoms with van der Waals surface area (Å²) in [5.74, 6) is 0.486. The Hall–Kier alpha value is -0.160. The van der Waals surface area contributed by atoms with E-state index in [4.69, 9.17) is 9.47 Å². The topological polar surface area (TPSA) is 50.7 Å². The van der Waals surface area contributed by atoms with Gasteiger partial charge in [0.15, 0.2) is 0 Å². The fourth-order valence-corrected chi connectivity index (χ4v) is 1.38. The van der Waals surface area contributed by atoms with Crippen LogP contribution in [0.25, 0.3) is 0 Å². The van der Waals surface area contributed by atoms with Crippen molar-refractivity contribution in [2.45, 2.75) is 52.9 Å². The van der Waals surface area contributed by atoms with Crippen LogP contribution >= 0.6 is 0 Å². The lowest BCUT2D eigenvalue weighted by Gasteiger charge is -2.24. The van der Waals surface area contributed by atoms with E-state index in [2.05, 4.69) is 19.2 Å². The monoisotopic (exact) mass is 247 g/mol. The Morgan fingerprint density at radius 3 is 2.24 bits per heavy atom. The first kappa shape index (κ1) is 16.8. The molecule has 4 heteroatoms. The first-order chi connectivity index (χ1) is 7.97. The molecule has 0 aliphatic rings. The molecule has 0 radical (unpaired) electrons. The number of ether oxygens (including phenoxy) is 2. The average molecular weight is 247 g/mol. The van der Waals surface area contributed by atoms with Crippen molar-refractivity contribution in [1.29, 1.82) is 0 Å². The van der Waals surface area contributed by atoms with Crippen molar-refractivity contribution >= 4 is 0 Å². The summed E-state index contributed by atoms with van der Waals surface area (Å²) in [6.45, 7) is 12.5. The Morgan fingerprint density at radius 2 is 1.76 bits per heavy atom. The summed E-state index contributed by atoms with van der Waals surface area (Å²) >= 11 is 0. The van der Waals surface area contributed by atoms with Gasteiger partial charge < -0.3 is 19.9 Å². The average Bonchev–Trinajstić information content (AvgIpc) is 2.25. The van der Waals surface area contributed by atoms with Gasteiger partial charge in [-0.2, -0.15) is 0 Å². The SMILES string of the molecule is CCOCC(NCC(O)COC(C)C)C(C)C. The standard InChI is InChI=1S/C13H29NO3/c1-6-16-9-13(10(2)3)14-7-12(15)8-17-11(4)5/h10-15H,6-9H2,1-5H3. The zero-order chi connectivity index (χ0) is 13.3. The van der Waals surface area contributed by atoms with Crippen molar-refractivity contribution in [3.8, 4) is 0 Å². The van der Waals surface area contributed by atoms with Gasteiger partial charge in [0.05, 0.1) is 25.4 Å². The highest BCUT2D eigenvalue weighted by molar-refractivity contribution is 4.72. The van der Waals surface area contributed by atoms with Crippen molar-refractivity contribution in [2.24, 2.45) is 5.92 Å². The molecule has 17 heavy (non-hydrogen) atoms. The minimum atomic E-state index is -0.458. The third kappa shape index (κ3) is 9.53. The van der Waals surface area contributed by atoms with Crippen LogP contribution in [0.5, 0.6) is 0 Å². The van der Waals surface area contributed by atoms with Crippen LogP contribution in [-0.2, 0) is 9.47 Å². The molecule has 0 fully saturated rings. The smallest absolute Gasteiger partial charge is 0.0897 e. The summed E-state index contributed by atoms with van der Waals surface area (Å²) in [6, 6.07) is 0.281. The molecule has 0 spiro atoms. The van der Waals surface area contributed by atoms with Gasteiger partial charge in [0.25, 0.3) is 0 Å². The van der Waals surface area contributed by atoms with Gasteiger partial charge >= 0.3 is 0 Å². The van der Waals surface area contributed by atoms with E-state index in [1.807, 2.05) is 20.8 Å². The maximum Gasteiger partial charge on any atom is 0.0897 e. The third-order valence-corrected chi connectivity index (χ3v) is 2.54. The summed E-state index contributed by atoms with van der Waals surface area (Å²) in [5.41, 5.74) is 0. The molecule has 0 aliphatic carbocycles. The number of rotatable bonds is 10. The van der Waals surface area contributed by atoms with E-state index in [-0.39, 0.29) is 12.1 Å². The molecule has 0 heterocycles. The normalized spacial score (nSPS) is 15.5. The second-order valence-electron chi connectivity index (χ2n) is 4.95. The quantitative estimate of drug-likeness (QED) is 0.613. The Kier molecular flexibility index (Phi) is 9.74. The fraction of sp³-hybridized carbons (Fsp3) is 1.00. The molecule has 0 aliphatic heterocycles. The van der Waals surface area contributed by atoms with Crippen LogP contribution in [0.15, 0.2) is 0 Å². The number of hydrogen-bond donors (Lipinski definition) is 2. The van der Waals surface area contributed by atoms with E-state index in [0.717, 1.165) is 6.61 Å². The van der Waals surface area contributed by atoms with Crippen LogP contribution in [0.2, 0.25) is 0 Å². The Labute approximate surface area is 106 Å². The molecule has 0 amide bonds. The summed E-state index contributed by atoms with van der Waals surface area (Å²) in [4.78, 5) is 0. The second-order valence-corrected chi connectivity index (χ2v) is 4.95. The molecule has 2 unspecified atom stereocenters. The van der Waals surface area contributed by atoms with Gasteiger partial charge in [-0.1, -0.05) is 13.8 Å². The number of aliphatic hydroxyl groups is 1. The Balaban J connectivity index is 3.78.